The first-order chi connectivity index (χ1) is 11.4. The van der Waals surface area contributed by atoms with Gasteiger partial charge in [0.05, 0.1) is 0 Å². The minimum atomic E-state index is 0.615. The van der Waals surface area contributed by atoms with Crippen LogP contribution in [-0.4, -0.2) is 25.7 Å². The molecule has 120 valence electrons. The van der Waals surface area contributed by atoms with Crippen molar-refractivity contribution < 1.29 is 0 Å². The molecule has 1 fully saturated rings. The molecule has 1 aliphatic carbocycles. The van der Waals surface area contributed by atoms with Crippen LogP contribution in [0.3, 0.4) is 0 Å². The summed E-state index contributed by atoms with van der Waals surface area (Å²) >= 11 is 0. The van der Waals surface area contributed by atoms with Gasteiger partial charge in [0.1, 0.15) is 0 Å². The van der Waals surface area contributed by atoms with Gasteiger partial charge >= 0.3 is 0 Å². The van der Waals surface area contributed by atoms with Crippen LogP contribution in [0.1, 0.15) is 24.0 Å². The van der Waals surface area contributed by atoms with Crippen molar-refractivity contribution in [2.24, 2.45) is 5.92 Å². The maximum absolute atomic E-state index is 3.49. The van der Waals surface area contributed by atoms with Crippen LogP contribution in [0, 0.1) is 5.92 Å². The smallest absolute Gasteiger partial charge is 0.0370 e. The van der Waals surface area contributed by atoms with Crippen LogP contribution in [0.2, 0.25) is 0 Å². The molecule has 0 atom stereocenters. The quantitative estimate of drug-likeness (QED) is 0.927. The molecule has 2 aromatic carbocycles. The summed E-state index contributed by atoms with van der Waals surface area (Å²) in [5, 5.41) is 3.49. The molecular formula is C21H26N2. The minimum Gasteiger partial charge on any atom is -0.368 e. The predicted octanol–water partition coefficient (Wildman–Crippen LogP) is 3.66. The molecule has 23 heavy (non-hydrogen) atoms. The summed E-state index contributed by atoms with van der Waals surface area (Å²) in [5.74, 6) is 0.820. The van der Waals surface area contributed by atoms with Crippen molar-refractivity contribution in [1.29, 1.82) is 0 Å². The Bertz CT molecular complexity index is 606. The molecule has 2 aromatic rings. The van der Waals surface area contributed by atoms with Gasteiger partial charge in [0.25, 0.3) is 0 Å². The lowest BCUT2D eigenvalue weighted by atomic mass is 9.96. The van der Waals surface area contributed by atoms with Crippen molar-refractivity contribution in [3.63, 3.8) is 0 Å². The Labute approximate surface area is 139 Å². The van der Waals surface area contributed by atoms with Crippen LogP contribution in [0.15, 0.2) is 54.6 Å². The zero-order valence-corrected chi connectivity index (χ0v) is 13.7. The van der Waals surface area contributed by atoms with Crippen LogP contribution < -0.4 is 10.2 Å². The van der Waals surface area contributed by atoms with Crippen molar-refractivity contribution in [2.75, 3.05) is 24.5 Å². The van der Waals surface area contributed by atoms with E-state index in [9.17, 15) is 0 Å². The number of hydrogen-bond donors (Lipinski definition) is 1. The highest BCUT2D eigenvalue weighted by Gasteiger charge is 2.28. The van der Waals surface area contributed by atoms with E-state index in [1.54, 1.807) is 11.1 Å². The van der Waals surface area contributed by atoms with Crippen LogP contribution in [0.25, 0.3) is 0 Å². The Morgan fingerprint density at radius 3 is 2.09 bits per heavy atom. The van der Waals surface area contributed by atoms with Crippen LogP contribution in [0.4, 0.5) is 5.69 Å². The molecule has 2 aliphatic rings. The van der Waals surface area contributed by atoms with Gasteiger partial charge in [0.2, 0.25) is 0 Å². The topological polar surface area (TPSA) is 15.3 Å². The van der Waals surface area contributed by atoms with Crippen molar-refractivity contribution >= 4 is 5.69 Å². The van der Waals surface area contributed by atoms with E-state index < -0.39 is 0 Å². The first-order valence-corrected chi connectivity index (χ1v) is 8.99. The Balaban J connectivity index is 1.56. The van der Waals surface area contributed by atoms with Gasteiger partial charge in [-0.3, -0.25) is 0 Å². The fourth-order valence-electron chi connectivity index (χ4n) is 4.18. The minimum absolute atomic E-state index is 0.615. The highest BCUT2D eigenvalue weighted by molar-refractivity contribution is 5.50. The number of anilines is 1. The van der Waals surface area contributed by atoms with Crippen molar-refractivity contribution in [3.8, 4) is 0 Å². The Hall–Kier alpha value is -1.80. The molecule has 0 bridgehead atoms. The standard InChI is InChI=1S/C21H26N2/c1-2-8-20(9-3-1)23(16-17-10-12-22-13-11-17)21-14-18-6-4-5-7-19(18)15-21/h1-9,17,21-22H,10-16H2. The van der Waals surface area contributed by atoms with Gasteiger partial charge in [-0.15, -0.1) is 0 Å². The number of hydrogen-bond acceptors (Lipinski definition) is 2. The summed E-state index contributed by atoms with van der Waals surface area (Å²) in [7, 11) is 0. The lowest BCUT2D eigenvalue weighted by Crippen LogP contribution is -2.42. The van der Waals surface area contributed by atoms with Crippen molar-refractivity contribution in [2.45, 2.75) is 31.7 Å². The summed E-state index contributed by atoms with van der Waals surface area (Å²) < 4.78 is 0. The first kappa shape index (κ1) is 14.8. The van der Waals surface area contributed by atoms with Gasteiger partial charge in [0.15, 0.2) is 0 Å². The molecule has 1 heterocycles. The monoisotopic (exact) mass is 306 g/mol. The third-order valence-corrected chi connectivity index (χ3v) is 5.47. The molecule has 2 heteroatoms. The maximum Gasteiger partial charge on any atom is 0.0370 e. The van der Waals surface area contributed by atoms with Gasteiger partial charge in [-0.1, -0.05) is 42.5 Å². The van der Waals surface area contributed by atoms with E-state index in [2.05, 4.69) is 64.8 Å². The van der Waals surface area contributed by atoms with E-state index >= 15 is 0 Å². The summed E-state index contributed by atoms with van der Waals surface area (Å²) in [4.78, 5) is 2.69. The first-order valence-electron chi connectivity index (χ1n) is 8.99. The largest absolute Gasteiger partial charge is 0.368 e. The second-order valence-corrected chi connectivity index (χ2v) is 7.01. The van der Waals surface area contributed by atoms with E-state index in [0.29, 0.717) is 6.04 Å². The number of benzene rings is 2. The lowest BCUT2D eigenvalue weighted by molar-refractivity contribution is 0.364. The van der Waals surface area contributed by atoms with Gasteiger partial charge in [-0.25, -0.2) is 0 Å². The second kappa shape index (κ2) is 6.76. The Morgan fingerprint density at radius 2 is 1.43 bits per heavy atom. The molecule has 0 amide bonds. The number of para-hydroxylation sites is 1. The molecule has 0 saturated carbocycles. The normalized spacial score (nSPS) is 18.8. The second-order valence-electron chi connectivity index (χ2n) is 7.01. The molecule has 0 radical (unpaired) electrons. The molecule has 0 aromatic heterocycles. The van der Waals surface area contributed by atoms with Crippen molar-refractivity contribution in [1.82, 2.24) is 5.32 Å². The molecule has 0 unspecified atom stereocenters. The highest BCUT2D eigenvalue weighted by Crippen LogP contribution is 2.30. The molecule has 1 aliphatic heterocycles. The van der Waals surface area contributed by atoms with Crippen LogP contribution in [0.5, 0.6) is 0 Å². The average molecular weight is 306 g/mol. The number of rotatable bonds is 4. The lowest BCUT2D eigenvalue weighted by Gasteiger charge is -2.36. The molecular weight excluding hydrogens is 280 g/mol. The SMILES string of the molecule is c1ccc(N(CC2CCNCC2)C2Cc3ccccc3C2)cc1. The van der Waals surface area contributed by atoms with E-state index in [0.717, 1.165) is 5.92 Å². The molecule has 1 N–H and O–H groups in total. The predicted molar refractivity (Wildman–Crippen MR) is 97.0 cm³/mol. The maximum atomic E-state index is 3.49. The molecule has 2 nitrogen and oxygen atoms in total. The highest BCUT2D eigenvalue weighted by atomic mass is 15.2. The molecule has 0 spiro atoms. The summed E-state index contributed by atoms with van der Waals surface area (Å²) in [6.07, 6.45) is 5.00. The number of nitrogens with zero attached hydrogens (tertiary/aromatic N) is 1. The number of piperidine rings is 1. The fourth-order valence-corrected chi connectivity index (χ4v) is 4.18. The van der Waals surface area contributed by atoms with Gasteiger partial charge in [-0.05, 0) is 68.0 Å². The van der Waals surface area contributed by atoms with Crippen LogP contribution >= 0.6 is 0 Å². The van der Waals surface area contributed by atoms with Gasteiger partial charge in [0, 0.05) is 18.3 Å². The number of nitrogens with one attached hydrogen (secondary N) is 1. The zero-order chi connectivity index (χ0) is 15.5. The Kier molecular flexibility index (Phi) is 4.34. The number of fused-ring (bicyclic) bond motifs is 1. The molecule has 4 rings (SSSR count). The van der Waals surface area contributed by atoms with E-state index in [4.69, 9.17) is 0 Å². The van der Waals surface area contributed by atoms with Crippen molar-refractivity contribution in [3.05, 3.63) is 65.7 Å². The zero-order valence-electron chi connectivity index (χ0n) is 13.7. The summed E-state index contributed by atoms with van der Waals surface area (Å²) in [5.41, 5.74) is 4.48. The van der Waals surface area contributed by atoms with Crippen LogP contribution in [-0.2, 0) is 12.8 Å². The summed E-state index contributed by atoms with van der Waals surface area (Å²) in [6, 6.07) is 20.6. The van der Waals surface area contributed by atoms with Gasteiger partial charge in [-0.2, -0.15) is 0 Å². The van der Waals surface area contributed by atoms with E-state index in [1.807, 2.05) is 0 Å². The fraction of sp³-hybridized carbons (Fsp3) is 0.429. The summed E-state index contributed by atoms with van der Waals surface area (Å²) in [6.45, 7) is 3.56. The Morgan fingerprint density at radius 1 is 0.826 bits per heavy atom. The van der Waals surface area contributed by atoms with E-state index in [1.165, 1.54) is 51.0 Å². The molecule has 1 saturated heterocycles. The average Bonchev–Trinajstić information content (AvgIpc) is 3.05. The third kappa shape index (κ3) is 3.28. The van der Waals surface area contributed by atoms with Gasteiger partial charge < -0.3 is 10.2 Å². The third-order valence-electron chi connectivity index (χ3n) is 5.47. The van der Waals surface area contributed by atoms with E-state index in [-0.39, 0.29) is 0 Å².